The molecule has 0 bridgehead atoms. The summed E-state index contributed by atoms with van der Waals surface area (Å²) in [5, 5.41) is 1.90. The highest BCUT2D eigenvalue weighted by Crippen LogP contribution is 2.23. The summed E-state index contributed by atoms with van der Waals surface area (Å²) >= 11 is 1.23. The van der Waals surface area contributed by atoms with E-state index in [0.717, 1.165) is 23.4 Å². The van der Waals surface area contributed by atoms with Gasteiger partial charge >= 0.3 is 4.87 Å². The fourth-order valence-corrected chi connectivity index (χ4v) is 2.70. The van der Waals surface area contributed by atoms with E-state index in [2.05, 4.69) is 0 Å². The van der Waals surface area contributed by atoms with Crippen LogP contribution in [0.5, 0.6) is 5.75 Å². The lowest BCUT2D eigenvalue weighted by molar-refractivity contribution is 0.340. The maximum absolute atomic E-state index is 11.8. The summed E-state index contributed by atoms with van der Waals surface area (Å²) in [6.45, 7) is 3.86. The fraction of sp³-hybridized carbons (Fsp3) is 0.357. The molecule has 0 saturated carbocycles. The summed E-state index contributed by atoms with van der Waals surface area (Å²) < 4.78 is 7.20. The van der Waals surface area contributed by atoms with E-state index < -0.39 is 0 Å². The second kappa shape index (κ2) is 6.54. The van der Waals surface area contributed by atoms with Gasteiger partial charge in [0.2, 0.25) is 0 Å². The van der Waals surface area contributed by atoms with Crippen molar-refractivity contribution in [2.24, 2.45) is 5.73 Å². The molecule has 2 rings (SSSR count). The molecule has 0 atom stereocenters. The van der Waals surface area contributed by atoms with Crippen LogP contribution in [0.1, 0.15) is 13.3 Å². The Morgan fingerprint density at radius 2 is 2.05 bits per heavy atom. The van der Waals surface area contributed by atoms with E-state index in [4.69, 9.17) is 10.5 Å². The number of rotatable bonds is 6. The summed E-state index contributed by atoms with van der Waals surface area (Å²) in [7, 11) is 0. The standard InChI is InChI=1S/C14H18N2O2S/c1-2-18-12-6-4-11(5-7-12)13-10-19-14(17)16(13)9-3-8-15/h4-7,10H,2-3,8-9,15H2,1H3. The number of nitrogens with zero attached hydrogens (tertiary/aromatic N) is 1. The van der Waals surface area contributed by atoms with E-state index in [-0.39, 0.29) is 4.87 Å². The molecule has 4 nitrogen and oxygen atoms in total. The largest absolute Gasteiger partial charge is 0.494 e. The van der Waals surface area contributed by atoms with Gasteiger partial charge in [0.15, 0.2) is 0 Å². The normalized spacial score (nSPS) is 10.6. The van der Waals surface area contributed by atoms with E-state index in [9.17, 15) is 4.79 Å². The molecular formula is C14H18N2O2S. The van der Waals surface area contributed by atoms with Gasteiger partial charge < -0.3 is 10.5 Å². The second-order valence-corrected chi connectivity index (χ2v) is 4.96. The number of hydrogen-bond donors (Lipinski definition) is 1. The van der Waals surface area contributed by atoms with Gasteiger partial charge in [0.25, 0.3) is 0 Å². The molecule has 19 heavy (non-hydrogen) atoms. The SMILES string of the molecule is CCOc1ccc(-c2csc(=O)n2CCCN)cc1. The van der Waals surface area contributed by atoms with Crippen LogP contribution in [0.15, 0.2) is 34.4 Å². The van der Waals surface area contributed by atoms with Crippen molar-refractivity contribution in [3.8, 4) is 17.0 Å². The highest BCUT2D eigenvalue weighted by molar-refractivity contribution is 7.07. The van der Waals surface area contributed by atoms with Gasteiger partial charge in [-0.25, -0.2) is 0 Å². The van der Waals surface area contributed by atoms with Crippen LogP contribution < -0.4 is 15.3 Å². The monoisotopic (exact) mass is 278 g/mol. The minimum absolute atomic E-state index is 0.0670. The third-order valence-corrected chi connectivity index (χ3v) is 3.59. The first-order valence-electron chi connectivity index (χ1n) is 6.38. The van der Waals surface area contributed by atoms with Crippen LogP contribution in [0.25, 0.3) is 11.3 Å². The van der Waals surface area contributed by atoms with Gasteiger partial charge in [0, 0.05) is 11.9 Å². The Balaban J connectivity index is 2.28. The Morgan fingerprint density at radius 1 is 1.32 bits per heavy atom. The third-order valence-electron chi connectivity index (χ3n) is 2.83. The lowest BCUT2D eigenvalue weighted by atomic mass is 10.1. The summed E-state index contributed by atoms with van der Waals surface area (Å²) in [5.41, 5.74) is 7.49. The van der Waals surface area contributed by atoms with E-state index in [1.165, 1.54) is 11.3 Å². The average Bonchev–Trinajstić information content (AvgIpc) is 2.79. The number of thiazole rings is 1. The Morgan fingerprint density at radius 3 is 2.68 bits per heavy atom. The van der Waals surface area contributed by atoms with Crippen molar-refractivity contribution in [2.45, 2.75) is 19.9 Å². The predicted molar refractivity (Wildman–Crippen MR) is 78.9 cm³/mol. The number of ether oxygens (including phenoxy) is 1. The van der Waals surface area contributed by atoms with Crippen molar-refractivity contribution in [3.05, 3.63) is 39.3 Å². The molecule has 0 saturated heterocycles. The lowest BCUT2D eigenvalue weighted by Gasteiger charge is -2.08. The maximum atomic E-state index is 11.8. The molecule has 5 heteroatoms. The van der Waals surface area contributed by atoms with Crippen LogP contribution >= 0.6 is 11.3 Å². The van der Waals surface area contributed by atoms with Gasteiger partial charge in [0.1, 0.15) is 5.75 Å². The zero-order valence-corrected chi connectivity index (χ0v) is 11.8. The molecule has 0 amide bonds. The molecule has 0 aliphatic heterocycles. The molecule has 2 N–H and O–H groups in total. The first kappa shape index (κ1) is 13.8. The molecule has 102 valence electrons. The molecular weight excluding hydrogens is 260 g/mol. The van der Waals surface area contributed by atoms with Crippen LogP contribution in [0.4, 0.5) is 0 Å². The first-order chi connectivity index (χ1) is 9.26. The second-order valence-electron chi connectivity index (χ2n) is 4.14. The Labute approximate surface area is 116 Å². The zero-order valence-electron chi connectivity index (χ0n) is 11.0. The van der Waals surface area contributed by atoms with Crippen LogP contribution in [-0.4, -0.2) is 17.7 Å². The average molecular weight is 278 g/mol. The molecule has 1 aromatic heterocycles. The fourth-order valence-electron chi connectivity index (χ4n) is 1.91. The van der Waals surface area contributed by atoms with Gasteiger partial charge in [-0.05, 0) is 49.7 Å². The maximum Gasteiger partial charge on any atom is 0.307 e. The minimum atomic E-state index is 0.0670. The van der Waals surface area contributed by atoms with Crippen molar-refractivity contribution in [1.29, 1.82) is 0 Å². The van der Waals surface area contributed by atoms with Crippen molar-refractivity contribution >= 4 is 11.3 Å². The predicted octanol–water partition coefficient (Wildman–Crippen LogP) is 2.32. The minimum Gasteiger partial charge on any atom is -0.494 e. The highest BCUT2D eigenvalue weighted by atomic mass is 32.1. The number of nitrogens with two attached hydrogens (primary N) is 1. The summed E-state index contributed by atoms with van der Waals surface area (Å²) in [6, 6.07) is 7.80. The van der Waals surface area contributed by atoms with Gasteiger partial charge in [-0.2, -0.15) is 0 Å². The number of aromatic nitrogens is 1. The molecule has 0 aliphatic rings. The van der Waals surface area contributed by atoms with Crippen LogP contribution in [0.3, 0.4) is 0 Å². The van der Waals surface area contributed by atoms with Crippen molar-refractivity contribution < 1.29 is 4.74 Å². The van der Waals surface area contributed by atoms with Crippen molar-refractivity contribution in [3.63, 3.8) is 0 Å². The number of hydrogen-bond acceptors (Lipinski definition) is 4. The van der Waals surface area contributed by atoms with Gasteiger partial charge in [-0.1, -0.05) is 11.3 Å². The molecule has 1 heterocycles. The van der Waals surface area contributed by atoms with E-state index in [1.54, 1.807) is 4.57 Å². The lowest BCUT2D eigenvalue weighted by Crippen LogP contribution is -2.16. The van der Waals surface area contributed by atoms with Gasteiger partial charge in [-0.3, -0.25) is 9.36 Å². The van der Waals surface area contributed by atoms with Crippen LogP contribution in [-0.2, 0) is 6.54 Å². The smallest absolute Gasteiger partial charge is 0.307 e. The van der Waals surface area contributed by atoms with Crippen LogP contribution in [0, 0.1) is 0 Å². The quantitative estimate of drug-likeness (QED) is 0.882. The third kappa shape index (κ3) is 3.24. The first-order valence-corrected chi connectivity index (χ1v) is 7.26. The highest BCUT2D eigenvalue weighted by Gasteiger charge is 2.08. The van der Waals surface area contributed by atoms with Crippen LogP contribution in [0.2, 0.25) is 0 Å². The van der Waals surface area contributed by atoms with E-state index >= 15 is 0 Å². The summed E-state index contributed by atoms with van der Waals surface area (Å²) in [4.78, 5) is 11.9. The van der Waals surface area contributed by atoms with E-state index in [1.807, 2.05) is 36.6 Å². The number of benzene rings is 1. The van der Waals surface area contributed by atoms with E-state index in [0.29, 0.717) is 19.7 Å². The summed E-state index contributed by atoms with van der Waals surface area (Å²) in [5.74, 6) is 0.845. The zero-order chi connectivity index (χ0) is 13.7. The molecule has 2 aromatic rings. The Bertz CT molecular complexity index is 572. The molecule has 0 fully saturated rings. The molecule has 0 aliphatic carbocycles. The van der Waals surface area contributed by atoms with Gasteiger partial charge in [-0.15, -0.1) is 0 Å². The topological polar surface area (TPSA) is 57.2 Å². The molecule has 0 spiro atoms. The molecule has 1 aromatic carbocycles. The molecule has 0 radical (unpaired) electrons. The Kier molecular flexibility index (Phi) is 4.76. The summed E-state index contributed by atoms with van der Waals surface area (Å²) in [6.07, 6.45) is 0.806. The van der Waals surface area contributed by atoms with Crippen molar-refractivity contribution in [2.75, 3.05) is 13.2 Å². The van der Waals surface area contributed by atoms with Crippen molar-refractivity contribution in [1.82, 2.24) is 4.57 Å². The Hall–Kier alpha value is -1.59. The van der Waals surface area contributed by atoms with Gasteiger partial charge in [0.05, 0.1) is 12.3 Å². The molecule has 0 unspecified atom stereocenters.